The van der Waals surface area contributed by atoms with Crippen LogP contribution in [0.3, 0.4) is 0 Å². The lowest BCUT2D eigenvalue weighted by Crippen LogP contribution is -1.89. The van der Waals surface area contributed by atoms with E-state index in [9.17, 15) is 4.79 Å². The highest BCUT2D eigenvalue weighted by Gasteiger charge is 1.91. The Kier molecular flexibility index (Phi) is 15.2. The molecule has 0 heterocycles. The van der Waals surface area contributed by atoms with Crippen LogP contribution in [0.25, 0.3) is 0 Å². The van der Waals surface area contributed by atoms with Gasteiger partial charge >= 0.3 is 5.97 Å². The zero-order valence-corrected chi connectivity index (χ0v) is 13.2. The number of carboxylic acid groups (broad SMARTS) is 1. The van der Waals surface area contributed by atoms with Gasteiger partial charge in [-0.2, -0.15) is 0 Å². The second kappa shape index (κ2) is 16.0. The summed E-state index contributed by atoms with van der Waals surface area (Å²) in [7, 11) is 0. The topological polar surface area (TPSA) is 37.3 Å². The van der Waals surface area contributed by atoms with Crippen molar-refractivity contribution in [1.82, 2.24) is 0 Å². The molecule has 116 valence electrons. The highest BCUT2D eigenvalue weighted by Crippen LogP contribution is 2.09. The van der Waals surface area contributed by atoms with Gasteiger partial charge in [-0.05, 0) is 32.1 Å². The summed E-state index contributed by atoms with van der Waals surface area (Å²) in [6, 6.07) is 0. The van der Waals surface area contributed by atoms with Crippen LogP contribution in [-0.2, 0) is 4.79 Å². The molecule has 0 amide bonds. The van der Waals surface area contributed by atoms with E-state index in [4.69, 9.17) is 5.11 Å². The largest absolute Gasteiger partial charge is 0.481 e. The van der Waals surface area contributed by atoms with E-state index in [1.807, 2.05) is 6.08 Å². The number of unbranched alkanes of at least 4 members (excludes halogenated alkanes) is 9. The van der Waals surface area contributed by atoms with Gasteiger partial charge in [-0.15, -0.1) is 0 Å². The summed E-state index contributed by atoms with van der Waals surface area (Å²) in [5, 5.41) is 8.46. The molecule has 0 rings (SSSR count). The molecule has 0 aromatic rings. The summed E-state index contributed by atoms with van der Waals surface area (Å²) >= 11 is 0. The van der Waals surface area contributed by atoms with Crippen LogP contribution < -0.4 is 0 Å². The molecule has 2 nitrogen and oxygen atoms in total. The molecule has 1 N–H and O–H groups in total. The normalized spacial score (nSPS) is 11.7. The summed E-state index contributed by atoms with van der Waals surface area (Å²) in [6.45, 7) is 2.23. The minimum Gasteiger partial charge on any atom is -0.481 e. The van der Waals surface area contributed by atoms with E-state index in [-0.39, 0.29) is 6.42 Å². The maximum Gasteiger partial charge on any atom is 0.307 e. The molecule has 0 unspecified atom stereocenters. The van der Waals surface area contributed by atoms with Crippen molar-refractivity contribution in [2.75, 3.05) is 0 Å². The Hall–Kier alpha value is -1.05. The number of carboxylic acids is 1. The first kappa shape index (κ1) is 18.9. The number of hydrogen-bond donors (Lipinski definition) is 1. The maximum absolute atomic E-state index is 10.3. The van der Waals surface area contributed by atoms with Crippen molar-refractivity contribution in [3.63, 3.8) is 0 Å². The molecule has 0 bridgehead atoms. The van der Waals surface area contributed by atoms with E-state index < -0.39 is 5.97 Å². The van der Waals surface area contributed by atoms with Gasteiger partial charge in [0, 0.05) is 0 Å². The van der Waals surface area contributed by atoms with Crippen LogP contribution in [0.5, 0.6) is 0 Å². The van der Waals surface area contributed by atoms with Gasteiger partial charge in [-0.25, -0.2) is 0 Å². The average Bonchev–Trinajstić information content (AvgIpc) is 2.43. The van der Waals surface area contributed by atoms with Gasteiger partial charge < -0.3 is 5.11 Å². The number of aliphatic carboxylic acids is 1. The Morgan fingerprint density at radius 2 is 1.20 bits per heavy atom. The molecule has 0 aliphatic rings. The first-order valence-corrected chi connectivity index (χ1v) is 8.29. The monoisotopic (exact) mass is 280 g/mol. The summed E-state index contributed by atoms with van der Waals surface area (Å²) < 4.78 is 0. The van der Waals surface area contributed by atoms with Gasteiger partial charge in [0.2, 0.25) is 0 Å². The second-order valence-corrected chi connectivity index (χ2v) is 5.38. The Labute approximate surface area is 125 Å². The Morgan fingerprint density at radius 1 is 0.750 bits per heavy atom. The Morgan fingerprint density at radius 3 is 1.70 bits per heavy atom. The van der Waals surface area contributed by atoms with E-state index >= 15 is 0 Å². The lowest BCUT2D eigenvalue weighted by Gasteiger charge is -1.99. The summed E-state index contributed by atoms with van der Waals surface area (Å²) in [5.74, 6) is -0.745. The van der Waals surface area contributed by atoms with Gasteiger partial charge in [0.25, 0.3) is 0 Å². The predicted molar refractivity (Wildman–Crippen MR) is 87.0 cm³/mol. The van der Waals surface area contributed by atoms with Crippen molar-refractivity contribution in [3.8, 4) is 0 Å². The highest BCUT2D eigenvalue weighted by molar-refractivity contribution is 5.68. The summed E-state index contributed by atoms with van der Waals surface area (Å²) in [5.41, 5.74) is 0. The third kappa shape index (κ3) is 16.9. The van der Waals surface area contributed by atoms with E-state index in [2.05, 4.69) is 19.1 Å². The first-order valence-electron chi connectivity index (χ1n) is 8.29. The minimum atomic E-state index is -0.745. The van der Waals surface area contributed by atoms with Crippen LogP contribution in [-0.4, -0.2) is 11.1 Å². The van der Waals surface area contributed by atoms with Crippen molar-refractivity contribution in [1.29, 1.82) is 0 Å². The van der Waals surface area contributed by atoms with Crippen LogP contribution in [0, 0.1) is 0 Å². The highest BCUT2D eigenvalue weighted by atomic mass is 16.4. The predicted octanol–water partition coefficient (Wildman–Crippen LogP) is 5.88. The zero-order chi connectivity index (χ0) is 14.9. The molecule has 0 atom stereocenters. The summed E-state index contributed by atoms with van der Waals surface area (Å²) in [4.78, 5) is 10.3. The molecule has 0 spiro atoms. The van der Waals surface area contributed by atoms with Crippen LogP contribution in [0.2, 0.25) is 0 Å². The lowest BCUT2D eigenvalue weighted by atomic mass is 10.1. The SMILES string of the molecule is CCCC/C=C/CCCCCCCC/C=C/CC(=O)O. The Bertz CT molecular complexity index is 267. The van der Waals surface area contributed by atoms with E-state index in [0.29, 0.717) is 0 Å². The van der Waals surface area contributed by atoms with Crippen LogP contribution in [0.4, 0.5) is 0 Å². The van der Waals surface area contributed by atoms with Crippen LogP contribution >= 0.6 is 0 Å². The fourth-order valence-electron chi connectivity index (χ4n) is 2.09. The number of carbonyl (C=O) groups is 1. The molecular formula is C18H32O2. The molecule has 0 aliphatic carbocycles. The van der Waals surface area contributed by atoms with Gasteiger partial charge in [0.05, 0.1) is 6.42 Å². The van der Waals surface area contributed by atoms with Crippen molar-refractivity contribution < 1.29 is 9.90 Å². The number of allylic oxidation sites excluding steroid dienone is 3. The first-order chi connectivity index (χ1) is 9.77. The van der Waals surface area contributed by atoms with E-state index in [1.165, 1.54) is 64.2 Å². The zero-order valence-electron chi connectivity index (χ0n) is 13.2. The van der Waals surface area contributed by atoms with Crippen molar-refractivity contribution >= 4 is 5.97 Å². The Balaban J connectivity index is 3.11. The molecular weight excluding hydrogens is 248 g/mol. The molecule has 0 fully saturated rings. The molecule has 0 aromatic heterocycles. The standard InChI is InChI=1S/C18H32O2/c1-2-3-4-5-6-7-8-9-10-11-12-13-14-15-16-17-18(19)20/h5-6,15-16H,2-4,7-14,17H2,1H3,(H,19,20)/b6-5+,16-15+. The fraction of sp³-hybridized carbons (Fsp3) is 0.722. The fourth-order valence-corrected chi connectivity index (χ4v) is 2.09. The summed E-state index contributed by atoms with van der Waals surface area (Å²) in [6.07, 6.45) is 22.4. The molecule has 0 saturated heterocycles. The van der Waals surface area contributed by atoms with Gasteiger partial charge in [-0.1, -0.05) is 69.8 Å². The second-order valence-electron chi connectivity index (χ2n) is 5.38. The maximum atomic E-state index is 10.3. The molecule has 0 saturated carbocycles. The molecule has 0 radical (unpaired) electrons. The molecule has 20 heavy (non-hydrogen) atoms. The third-order valence-electron chi connectivity index (χ3n) is 3.34. The quantitative estimate of drug-likeness (QED) is 0.318. The molecule has 0 aromatic carbocycles. The lowest BCUT2D eigenvalue weighted by molar-refractivity contribution is -0.136. The smallest absolute Gasteiger partial charge is 0.307 e. The van der Waals surface area contributed by atoms with Crippen molar-refractivity contribution in [3.05, 3.63) is 24.3 Å². The number of hydrogen-bond acceptors (Lipinski definition) is 1. The molecule has 2 heteroatoms. The molecule has 0 aliphatic heterocycles. The van der Waals surface area contributed by atoms with Gasteiger partial charge in [-0.3, -0.25) is 4.79 Å². The van der Waals surface area contributed by atoms with Crippen LogP contribution in [0.15, 0.2) is 24.3 Å². The van der Waals surface area contributed by atoms with Crippen LogP contribution in [0.1, 0.15) is 84.0 Å². The van der Waals surface area contributed by atoms with Crippen molar-refractivity contribution in [2.24, 2.45) is 0 Å². The van der Waals surface area contributed by atoms with Gasteiger partial charge in [0.15, 0.2) is 0 Å². The third-order valence-corrected chi connectivity index (χ3v) is 3.34. The van der Waals surface area contributed by atoms with Crippen molar-refractivity contribution in [2.45, 2.75) is 84.0 Å². The van der Waals surface area contributed by atoms with Gasteiger partial charge in [0.1, 0.15) is 0 Å². The van der Waals surface area contributed by atoms with E-state index in [0.717, 1.165) is 6.42 Å². The average molecular weight is 280 g/mol. The number of rotatable bonds is 14. The minimum absolute atomic E-state index is 0.159. The van der Waals surface area contributed by atoms with E-state index in [1.54, 1.807) is 6.08 Å².